The van der Waals surface area contributed by atoms with Crippen LogP contribution < -0.4 is 5.32 Å². The molecular formula is C11H17N3O2. The Morgan fingerprint density at radius 2 is 2.19 bits per heavy atom. The van der Waals surface area contributed by atoms with Gasteiger partial charge in [0.15, 0.2) is 0 Å². The van der Waals surface area contributed by atoms with Gasteiger partial charge in [0, 0.05) is 0 Å². The summed E-state index contributed by atoms with van der Waals surface area (Å²) in [5, 5.41) is 19.2. The molecule has 0 spiro atoms. The van der Waals surface area contributed by atoms with Crippen LogP contribution in [0.15, 0.2) is 18.5 Å². The van der Waals surface area contributed by atoms with Crippen LogP contribution in [0.5, 0.6) is 0 Å². The summed E-state index contributed by atoms with van der Waals surface area (Å²) < 4.78 is 0. The first-order chi connectivity index (χ1) is 7.45. The van der Waals surface area contributed by atoms with Crippen LogP contribution in [0.1, 0.15) is 31.1 Å². The number of nitrogens with zero attached hydrogens (tertiary/aromatic N) is 2. The van der Waals surface area contributed by atoms with Crippen LogP contribution in [0.2, 0.25) is 0 Å². The third kappa shape index (κ3) is 3.27. The predicted molar refractivity (Wildman–Crippen MR) is 59.8 cm³/mol. The first kappa shape index (κ1) is 12.6. The molecule has 0 aliphatic heterocycles. The summed E-state index contributed by atoms with van der Waals surface area (Å²) in [5.74, 6) is -0.246. The van der Waals surface area contributed by atoms with Crippen molar-refractivity contribution in [3.05, 3.63) is 24.0 Å². The Kier molecular flexibility index (Phi) is 3.95. The van der Waals surface area contributed by atoms with E-state index < -0.39 is 0 Å². The molecule has 0 radical (unpaired) electrons. The molecule has 5 heteroatoms. The molecule has 0 aliphatic carbocycles. The van der Waals surface area contributed by atoms with Crippen LogP contribution in [0, 0.1) is 5.41 Å². The lowest BCUT2D eigenvalue weighted by Crippen LogP contribution is -2.46. The van der Waals surface area contributed by atoms with Gasteiger partial charge in [0.1, 0.15) is 0 Å². The summed E-state index contributed by atoms with van der Waals surface area (Å²) >= 11 is 0. The molecule has 16 heavy (non-hydrogen) atoms. The Morgan fingerprint density at radius 3 is 2.62 bits per heavy atom. The van der Waals surface area contributed by atoms with E-state index in [1.807, 2.05) is 20.8 Å². The van der Waals surface area contributed by atoms with Crippen LogP contribution in [-0.4, -0.2) is 33.9 Å². The highest BCUT2D eigenvalue weighted by molar-refractivity contribution is 5.93. The standard InChI is InChI=1S/C11H17N3O2/c1-11(2,3)9(7-15)14-10(16)8-4-5-12-13-6-8/h4-6,9,15H,7H2,1-3H3,(H,14,16)/t9-/m0/s1. The second kappa shape index (κ2) is 5.03. The van der Waals surface area contributed by atoms with E-state index in [1.165, 1.54) is 12.4 Å². The van der Waals surface area contributed by atoms with Crippen LogP contribution in [0.3, 0.4) is 0 Å². The van der Waals surface area contributed by atoms with E-state index in [-0.39, 0.29) is 24.0 Å². The first-order valence-corrected chi connectivity index (χ1v) is 5.13. The van der Waals surface area contributed by atoms with E-state index >= 15 is 0 Å². The molecule has 1 aromatic heterocycles. The van der Waals surface area contributed by atoms with Crippen molar-refractivity contribution in [2.75, 3.05) is 6.61 Å². The minimum Gasteiger partial charge on any atom is -0.394 e. The minimum atomic E-state index is -0.284. The largest absolute Gasteiger partial charge is 0.394 e. The molecule has 2 N–H and O–H groups in total. The molecule has 0 aromatic carbocycles. The fourth-order valence-corrected chi connectivity index (χ4v) is 1.20. The zero-order valence-electron chi connectivity index (χ0n) is 9.77. The molecule has 0 bridgehead atoms. The molecule has 0 aliphatic rings. The molecule has 5 nitrogen and oxygen atoms in total. The van der Waals surface area contributed by atoms with Gasteiger partial charge in [0.2, 0.25) is 0 Å². The maximum absolute atomic E-state index is 11.8. The summed E-state index contributed by atoms with van der Waals surface area (Å²) in [6, 6.07) is 1.30. The fraction of sp³-hybridized carbons (Fsp3) is 0.545. The van der Waals surface area contributed by atoms with Crippen molar-refractivity contribution in [3.8, 4) is 0 Å². The van der Waals surface area contributed by atoms with Gasteiger partial charge in [-0.3, -0.25) is 4.79 Å². The number of carbonyl (C=O) groups excluding carboxylic acids is 1. The number of hydrogen-bond donors (Lipinski definition) is 2. The highest BCUT2D eigenvalue weighted by Crippen LogP contribution is 2.18. The van der Waals surface area contributed by atoms with Crippen LogP contribution in [-0.2, 0) is 0 Å². The summed E-state index contributed by atoms with van der Waals surface area (Å²) in [4.78, 5) is 11.8. The second-order valence-corrected chi connectivity index (χ2v) is 4.71. The van der Waals surface area contributed by atoms with Gasteiger partial charge in [-0.25, -0.2) is 0 Å². The van der Waals surface area contributed by atoms with Gasteiger partial charge in [-0.15, -0.1) is 0 Å². The van der Waals surface area contributed by atoms with Gasteiger partial charge < -0.3 is 10.4 Å². The summed E-state index contributed by atoms with van der Waals surface area (Å²) in [7, 11) is 0. The van der Waals surface area contributed by atoms with E-state index in [9.17, 15) is 9.90 Å². The van der Waals surface area contributed by atoms with Gasteiger partial charge in [-0.2, -0.15) is 10.2 Å². The zero-order valence-corrected chi connectivity index (χ0v) is 9.77. The molecule has 1 heterocycles. The van der Waals surface area contributed by atoms with Crippen molar-refractivity contribution < 1.29 is 9.90 Å². The second-order valence-electron chi connectivity index (χ2n) is 4.71. The lowest BCUT2D eigenvalue weighted by Gasteiger charge is -2.29. The molecule has 1 atom stereocenters. The molecule has 0 unspecified atom stereocenters. The summed E-state index contributed by atoms with van der Waals surface area (Å²) in [6.45, 7) is 5.78. The highest BCUT2D eigenvalue weighted by atomic mass is 16.3. The fourth-order valence-electron chi connectivity index (χ4n) is 1.20. The van der Waals surface area contributed by atoms with E-state index in [4.69, 9.17) is 0 Å². The van der Waals surface area contributed by atoms with Gasteiger partial charge in [-0.1, -0.05) is 20.8 Å². The molecule has 1 rings (SSSR count). The highest BCUT2D eigenvalue weighted by Gasteiger charge is 2.25. The summed E-state index contributed by atoms with van der Waals surface area (Å²) in [5.41, 5.74) is 0.253. The van der Waals surface area contributed by atoms with Crippen molar-refractivity contribution in [2.24, 2.45) is 5.41 Å². The Labute approximate surface area is 94.9 Å². The minimum absolute atomic E-state index is 0.0895. The third-order valence-corrected chi connectivity index (χ3v) is 2.38. The van der Waals surface area contributed by atoms with Gasteiger partial charge in [0.25, 0.3) is 5.91 Å². The average Bonchev–Trinajstić information content (AvgIpc) is 2.25. The number of nitrogens with one attached hydrogen (secondary N) is 1. The Bertz CT molecular complexity index is 346. The number of hydrogen-bond acceptors (Lipinski definition) is 4. The first-order valence-electron chi connectivity index (χ1n) is 5.13. The normalized spacial score (nSPS) is 13.2. The van der Waals surface area contributed by atoms with Crippen LogP contribution >= 0.6 is 0 Å². The molecule has 88 valence electrons. The molecule has 0 saturated carbocycles. The van der Waals surface area contributed by atoms with E-state index in [0.717, 1.165) is 0 Å². The van der Waals surface area contributed by atoms with Gasteiger partial charge >= 0.3 is 0 Å². The van der Waals surface area contributed by atoms with Crippen molar-refractivity contribution in [3.63, 3.8) is 0 Å². The van der Waals surface area contributed by atoms with Crippen molar-refractivity contribution in [1.82, 2.24) is 15.5 Å². The topological polar surface area (TPSA) is 75.1 Å². The molecule has 0 saturated heterocycles. The lowest BCUT2D eigenvalue weighted by atomic mass is 9.87. The molecular weight excluding hydrogens is 206 g/mol. The number of aromatic nitrogens is 2. The number of carbonyl (C=O) groups is 1. The maximum Gasteiger partial charge on any atom is 0.253 e. The number of aliphatic hydroxyl groups is 1. The number of aliphatic hydroxyl groups excluding tert-OH is 1. The van der Waals surface area contributed by atoms with Crippen molar-refractivity contribution >= 4 is 5.91 Å². The Morgan fingerprint density at radius 1 is 1.50 bits per heavy atom. The van der Waals surface area contributed by atoms with Crippen LogP contribution in [0.4, 0.5) is 0 Å². The van der Waals surface area contributed by atoms with Crippen molar-refractivity contribution in [2.45, 2.75) is 26.8 Å². The van der Waals surface area contributed by atoms with E-state index in [1.54, 1.807) is 6.07 Å². The molecule has 0 fully saturated rings. The van der Waals surface area contributed by atoms with E-state index in [2.05, 4.69) is 15.5 Å². The Hall–Kier alpha value is -1.49. The zero-order chi connectivity index (χ0) is 12.2. The number of amides is 1. The third-order valence-electron chi connectivity index (χ3n) is 2.38. The summed E-state index contributed by atoms with van der Waals surface area (Å²) in [6.07, 6.45) is 2.85. The molecule has 1 aromatic rings. The quantitative estimate of drug-likeness (QED) is 0.787. The lowest BCUT2D eigenvalue weighted by molar-refractivity contribution is 0.0847. The van der Waals surface area contributed by atoms with E-state index in [0.29, 0.717) is 5.56 Å². The van der Waals surface area contributed by atoms with Gasteiger partial charge in [-0.05, 0) is 11.5 Å². The SMILES string of the molecule is CC(C)(C)[C@H](CO)NC(=O)c1ccnnc1. The van der Waals surface area contributed by atoms with Crippen molar-refractivity contribution in [1.29, 1.82) is 0 Å². The maximum atomic E-state index is 11.8. The predicted octanol–water partition coefficient (Wildman–Crippen LogP) is 0.613. The van der Waals surface area contributed by atoms with Gasteiger partial charge in [0.05, 0.1) is 30.6 Å². The smallest absolute Gasteiger partial charge is 0.253 e. The van der Waals surface area contributed by atoms with Crippen LogP contribution in [0.25, 0.3) is 0 Å². The molecule has 1 amide bonds. The number of rotatable bonds is 3. The average molecular weight is 223 g/mol. The monoisotopic (exact) mass is 223 g/mol. The Balaban J connectivity index is 2.71.